The number of primary amides is 1. The normalized spacial score (nSPS) is 15.9. The van der Waals surface area contributed by atoms with E-state index < -0.39 is 5.91 Å². The highest BCUT2D eigenvalue weighted by atomic mass is 16.5. The van der Waals surface area contributed by atoms with Gasteiger partial charge in [-0.25, -0.2) is 0 Å². The molecule has 0 aromatic heterocycles. The van der Waals surface area contributed by atoms with Gasteiger partial charge in [-0.3, -0.25) is 9.59 Å². The average Bonchev–Trinajstić information content (AvgIpc) is 2.34. The Kier molecular flexibility index (Phi) is 6.53. The molecule has 0 saturated carbocycles. The Hall–Kier alpha value is -1.18. The highest BCUT2D eigenvalue weighted by molar-refractivity contribution is 5.78. The van der Waals surface area contributed by atoms with Gasteiger partial charge in [0.25, 0.3) is 0 Å². The van der Waals surface area contributed by atoms with Crippen molar-refractivity contribution in [3.63, 3.8) is 0 Å². The van der Waals surface area contributed by atoms with E-state index in [1.54, 1.807) is 4.90 Å². The summed E-state index contributed by atoms with van der Waals surface area (Å²) in [4.78, 5) is 23.7. The smallest absolute Gasteiger partial charge is 0.243 e. The molecule has 0 radical (unpaired) electrons. The summed E-state index contributed by atoms with van der Waals surface area (Å²) in [5, 5.41) is 2.95. The van der Waals surface area contributed by atoms with E-state index in [4.69, 9.17) is 15.2 Å². The first-order valence-electron chi connectivity index (χ1n) is 5.62. The summed E-state index contributed by atoms with van der Waals surface area (Å²) in [6.45, 7) is 3.58. The summed E-state index contributed by atoms with van der Waals surface area (Å²) in [7, 11) is 0. The van der Waals surface area contributed by atoms with Crippen LogP contribution in [0.5, 0.6) is 0 Å². The molecule has 0 atom stereocenters. The standard InChI is InChI=1S/C10H19N3O4/c11-9(14)8-17-4-1-12-7-10(15)13-2-5-16-6-3-13/h12H,1-8H2,(H2,11,14). The van der Waals surface area contributed by atoms with Crippen LogP contribution in [0.3, 0.4) is 0 Å². The van der Waals surface area contributed by atoms with Crippen molar-refractivity contribution in [2.24, 2.45) is 5.73 Å². The fraction of sp³-hybridized carbons (Fsp3) is 0.800. The molecule has 0 bridgehead atoms. The monoisotopic (exact) mass is 245 g/mol. The van der Waals surface area contributed by atoms with Crippen LogP contribution >= 0.6 is 0 Å². The van der Waals surface area contributed by atoms with E-state index in [0.717, 1.165) is 0 Å². The fourth-order valence-electron chi connectivity index (χ4n) is 1.44. The Morgan fingerprint density at radius 1 is 1.35 bits per heavy atom. The second-order valence-corrected chi connectivity index (χ2v) is 3.69. The average molecular weight is 245 g/mol. The Labute approximate surface area is 100 Å². The summed E-state index contributed by atoms with van der Waals surface area (Å²) in [6, 6.07) is 0. The maximum Gasteiger partial charge on any atom is 0.243 e. The first-order valence-corrected chi connectivity index (χ1v) is 5.62. The van der Waals surface area contributed by atoms with E-state index >= 15 is 0 Å². The van der Waals surface area contributed by atoms with E-state index in [2.05, 4.69) is 5.32 Å². The largest absolute Gasteiger partial charge is 0.378 e. The molecule has 98 valence electrons. The fourth-order valence-corrected chi connectivity index (χ4v) is 1.44. The van der Waals surface area contributed by atoms with Gasteiger partial charge < -0.3 is 25.4 Å². The first-order chi connectivity index (χ1) is 8.20. The first kappa shape index (κ1) is 13.9. The number of ether oxygens (including phenoxy) is 2. The lowest BCUT2D eigenvalue weighted by molar-refractivity contribution is -0.134. The summed E-state index contributed by atoms with van der Waals surface area (Å²) in [6.07, 6.45) is 0. The lowest BCUT2D eigenvalue weighted by Gasteiger charge is -2.26. The van der Waals surface area contributed by atoms with Crippen molar-refractivity contribution in [1.82, 2.24) is 10.2 Å². The van der Waals surface area contributed by atoms with Gasteiger partial charge in [-0.15, -0.1) is 0 Å². The van der Waals surface area contributed by atoms with Crippen LogP contribution in [0.4, 0.5) is 0 Å². The molecule has 2 amide bonds. The number of nitrogens with zero attached hydrogens (tertiary/aromatic N) is 1. The topological polar surface area (TPSA) is 93.9 Å². The highest BCUT2D eigenvalue weighted by Gasteiger charge is 2.15. The number of carbonyl (C=O) groups is 2. The Balaban J connectivity index is 1.98. The molecule has 0 spiro atoms. The molecule has 1 aliphatic heterocycles. The van der Waals surface area contributed by atoms with Crippen molar-refractivity contribution >= 4 is 11.8 Å². The quantitative estimate of drug-likeness (QED) is 0.503. The number of hydrogen-bond donors (Lipinski definition) is 2. The van der Waals surface area contributed by atoms with Crippen LogP contribution in [0.1, 0.15) is 0 Å². The lowest BCUT2D eigenvalue weighted by atomic mass is 10.4. The third-order valence-corrected chi connectivity index (χ3v) is 2.31. The van der Waals surface area contributed by atoms with Gasteiger partial charge in [-0.2, -0.15) is 0 Å². The van der Waals surface area contributed by atoms with Gasteiger partial charge in [0.1, 0.15) is 6.61 Å². The van der Waals surface area contributed by atoms with Crippen LogP contribution in [-0.4, -0.2) is 69.3 Å². The third-order valence-electron chi connectivity index (χ3n) is 2.31. The minimum atomic E-state index is -0.491. The van der Waals surface area contributed by atoms with Crippen molar-refractivity contribution in [2.45, 2.75) is 0 Å². The molecule has 17 heavy (non-hydrogen) atoms. The second kappa shape index (κ2) is 7.99. The minimum absolute atomic E-state index is 0.0585. The maximum absolute atomic E-state index is 11.6. The molecule has 7 heteroatoms. The number of amides is 2. The number of rotatable bonds is 7. The SMILES string of the molecule is NC(=O)COCCNCC(=O)N1CCOCC1. The molecule has 1 fully saturated rings. The van der Waals surface area contributed by atoms with Gasteiger partial charge in [0.15, 0.2) is 0 Å². The Morgan fingerprint density at radius 2 is 2.06 bits per heavy atom. The van der Waals surface area contributed by atoms with Crippen LogP contribution in [0.15, 0.2) is 0 Å². The highest BCUT2D eigenvalue weighted by Crippen LogP contribution is 1.96. The molecule has 1 aliphatic rings. The van der Waals surface area contributed by atoms with E-state index in [0.29, 0.717) is 39.5 Å². The predicted molar refractivity (Wildman–Crippen MR) is 60.3 cm³/mol. The zero-order valence-electron chi connectivity index (χ0n) is 9.81. The number of nitrogens with two attached hydrogens (primary N) is 1. The number of morpholine rings is 1. The molecule has 0 aromatic rings. The van der Waals surface area contributed by atoms with Crippen LogP contribution in [0.25, 0.3) is 0 Å². The van der Waals surface area contributed by atoms with Gasteiger partial charge in [-0.1, -0.05) is 0 Å². The van der Waals surface area contributed by atoms with Crippen LogP contribution < -0.4 is 11.1 Å². The van der Waals surface area contributed by atoms with Crippen LogP contribution in [0, 0.1) is 0 Å². The molecular weight excluding hydrogens is 226 g/mol. The summed E-state index contributed by atoms with van der Waals surface area (Å²) >= 11 is 0. The van der Waals surface area contributed by atoms with Crippen molar-refractivity contribution in [3.8, 4) is 0 Å². The van der Waals surface area contributed by atoms with Crippen LogP contribution in [-0.2, 0) is 19.1 Å². The molecule has 7 nitrogen and oxygen atoms in total. The molecule has 0 aromatic carbocycles. The minimum Gasteiger partial charge on any atom is -0.378 e. The summed E-state index contributed by atoms with van der Waals surface area (Å²) < 4.78 is 10.1. The molecule has 0 unspecified atom stereocenters. The van der Waals surface area contributed by atoms with Gasteiger partial charge >= 0.3 is 0 Å². The molecule has 1 heterocycles. The van der Waals surface area contributed by atoms with Crippen molar-refractivity contribution in [1.29, 1.82) is 0 Å². The molecule has 0 aliphatic carbocycles. The van der Waals surface area contributed by atoms with Crippen molar-refractivity contribution in [2.75, 3.05) is 52.6 Å². The number of nitrogens with one attached hydrogen (secondary N) is 1. The zero-order valence-corrected chi connectivity index (χ0v) is 9.81. The van der Waals surface area contributed by atoms with E-state index in [1.165, 1.54) is 0 Å². The zero-order chi connectivity index (χ0) is 12.5. The van der Waals surface area contributed by atoms with E-state index in [-0.39, 0.29) is 19.1 Å². The predicted octanol–water partition coefficient (Wildman–Crippen LogP) is -2.06. The Morgan fingerprint density at radius 3 is 2.71 bits per heavy atom. The lowest BCUT2D eigenvalue weighted by Crippen LogP contribution is -2.45. The van der Waals surface area contributed by atoms with Gasteiger partial charge in [0, 0.05) is 19.6 Å². The number of carbonyl (C=O) groups excluding carboxylic acids is 2. The molecular formula is C10H19N3O4. The number of hydrogen-bond acceptors (Lipinski definition) is 5. The van der Waals surface area contributed by atoms with Gasteiger partial charge in [0.05, 0.1) is 26.4 Å². The van der Waals surface area contributed by atoms with Crippen LogP contribution in [0.2, 0.25) is 0 Å². The van der Waals surface area contributed by atoms with E-state index in [9.17, 15) is 9.59 Å². The van der Waals surface area contributed by atoms with Gasteiger partial charge in [0.2, 0.25) is 11.8 Å². The van der Waals surface area contributed by atoms with Crippen molar-refractivity contribution < 1.29 is 19.1 Å². The molecule has 1 rings (SSSR count). The van der Waals surface area contributed by atoms with E-state index in [1.807, 2.05) is 0 Å². The summed E-state index contributed by atoms with van der Waals surface area (Å²) in [5.41, 5.74) is 4.90. The summed E-state index contributed by atoms with van der Waals surface area (Å²) in [5.74, 6) is -0.433. The van der Waals surface area contributed by atoms with Crippen molar-refractivity contribution in [3.05, 3.63) is 0 Å². The molecule has 1 saturated heterocycles. The third kappa shape index (κ3) is 6.20. The Bertz CT molecular complexity index is 254. The second-order valence-electron chi connectivity index (χ2n) is 3.69. The van der Waals surface area contributed by atoms with Gasteiger partial charge in [-0.05, 0) is 0 Å². The molecule has 3 N–H and O–H groups in total. The maximum atomic E-state index is 11.6.